The van der Waals surface area contributed by atoms with Crippen LogP contribution in [0.2, 0.25) is 0 Å². The number of carbonyl (C=O) groups excluding carboxylic acids is 1. The number of aryl methyl sites for hydroxylation is 1. The van der Waals surface area contributed by atoms with Gasteiger partial charge >= 0.3 is 0 Å². The standard InChI is InChI=1S/C34H42N2O.C2H6/c1-5-26-14-15-30-22-33(25(4)37)36(34(30)21-26)16-8-12-27-10-7-11-28(19-27)20-31-24(3)18-32(35-31)29-13-6-9-23(2)17-29;1-2/h5,13-15,17,21-22,27-28H,1,6-12,16,18-20H2,2-4H3;1-2H3. The molecule has 3 nitrogen and oxygen atoms in total. The molecule has 3 heteroatoms. The molecule has 0 N–H and O–H groups in total. The van der Waals surface area contributed by atoms with E-state index < -0.39 is 0 Å². The summed E-state index contributed by atoms with van der Waals surface area (Å²) in [5, 5.41) is 1.14. The van der Waals surface area contributed by atoms with Gasteiger partial charge < -0.3 is 4.57 Å². The van der Waals surface area contributed by atoms with E-state index in [0.29, 0.717) is 0 Å². The van der Waals surface area contributed by atoms with Crippen molar-refractivity contribution in [3.63, 3.8) is 0 Å². The Hall–Kier alpha value is -2.94. The summed E-state index contributed by atoms with van der Waals surface area (Å²) in [6.45, 7) is 15.0. The molecule has 2 unspecified atom stereocenters. The van der Waals surface area contributed by atoms with Crippen LogP contribution in [0.15, 0.2) is 70.4 Å². The summed E-state index contributed by atoms with van der Waals surface area (Å²) in [4.78, 5) is 17.5. The van der Waals surface area contributed by atoms with Crippen LogP contribution in [0.1, 0.15) is 115 Å². The number of aliphatic imine (C=N–C) groups is 1. The van der Waals surface area contributed by atoms with Crippen LogP contribution in [0.4, 0.5) is 0 Å². The van der Waals surface area contributed by atoms with Crippen LogP contribution in [0, 0.1) is 11.8 Å². The van der Waals surface area contributed by atoms with E-state index in [-0.39, 0.29) is 5.78 Å². The second kappa shape index (κ2) is 13.4. The molecule has 0 bridgehead atoms. The van der Waals surface area contributed by atoms with Gasteiger partial charge in [-0.1, -0.05) is 75.6 Å². The molecule has 1 fully saturated rings. The van der Waals surface area contributed by atoms with Gasteiger partial charge in [-0.05, 0) is 93.1 Å². The van der Waals surface area contributed by atoms with Crippen molar-refractivity contribution in [2.45, 2.75) is 105 Å². The molecule has 0 amide bonds. The van der Waals surface area contributed by atoms with E-state index in [4.69, 9.17) is 4.99 Å². The number of Topliss-reactive ketones (excluding diaryl/α,β-unsaturated/α-hetero) is 1. The first kappa shape index (κ1) is 29.1. The van der Waals surface area contributed by atoms with Crippen LogP contribution < -0.4 is 0 Å². The van der Waals surface area contributed by atoms with Gasteiger partial charge in [-0.15, -0.1) is 0 Å². The third-order valence-electron chi connectivity index (χ3n) is 8.73. The normalized spacial score (nSPS) is 21.2. The zero-order valence-corrected chi connectivity index (χ0v) is 25.0. The highest BCUT2D eigenvalue weighted by atomic mass is 16.1. The van der Waals surface area contributed by atoms with E-state index in [1.165, 1.54) is 66.7 Å². The summed E-state index contributed by atoms with van der Waals surface area (Å²) in [6.07, 6.45) is 18.8. The topological polar surface area (TPSA) is 34.4 Å². The van der Waals surface area contributed by atoms with Crippen molar-refractivity contribution < 1.29 is 4.79 Å². The Bertz CT molecular complexity index is 1330. The lowest BCUT2D eigenvalue weighted by atomic mass is 9.77. The molecule has 5 rings (SSSR count). The molecular formula is C36H48N2O. The van der Waals surface area contributed by atoms with E-state index >= 15 is 0 Å². The van der Waals surface area contributed by atoms with Gasteiger partial charge in [0.15, 0.2) is 5.78 Å². The van der Waals surface area contributed by atoms with Crippen LogP contribution in [-0.2, 0) is 6.54 Å². The minimum atomic E-state index is 0.142. The van der Waals surface area contributed by atoms with Crippen molar-refractivity contribution >= 4 is 28.5 Å². The summed E-state index contributed by atoms with van der Waals surface area (Å²) in [6, 6.07) is 8.40. The Morgan fingerprint density at radius 2 is 1.95 bits per heavy atom. The molecule has 39 heavy (non-hydrogen) atoms. The summed E-state index contributed by atoms with van der Waals surface area (Å²) in [5.41, 5.74) is 10.1. The maximum Gasteiger partial charge on any atom is 0.176 e. The molecular weight excluding hydrogens is 476 g/mol. The molecule has 1 aliphatic heterocycles. The number of allylic oxidation sites excluding steroid dienone is 6. The number of ketones is 1. The predicted octanol–water partition coefficient (Wildman–Crippen LogP) is 10.3. The van der Waals surface area contributed by atoms with E-state index in [1.54, 1.807) is 6.92 Å². The van der Waals surface area contributed by atoms with Crippen molar-refractivity contribution in [1.29, 1.82) is 0 Å². The van der Waals surface area contributed by atoms with E-state index in [0.717, 1.165) is 66.2 Å². The molecule has 2 atom stereocenters. The highest BCUT2D eigenvalue weighted by Crippen LogP contribution is 2.38. The first-order valence-corrected chi connectivity index (χ1v) is 15.3. The average molecular weight is 525 g/mol. The summed E-state index contributed by atoms with van der Waals surface area (Å²) < 4.78 is 2.24. The van der Waals surface area contributed by atoms with Crippen molar-refractivity contribution in [3.8, 4) is 0 Å². The number of fused-ring (bicyclic) bond motifs is 1. The summed E-state index contributed by atoms with van der Waals surface area (Å²) in [5.74, 6) is 1.67. The van der Waals surface area contributed by atoms with Crippen LogP contribution in [-0.4, -0.2) is 16.1 Å². The minimum absolute atomic E-state index is 0.142. The average Bonchev–Trinajstić information content (AvgIpc) is 3.50. The molecule has 3 aliphatic rings. The number of aromatic nitrogens is 1. The SMILES string of the molecule is C=Cc1ccc2cc(C(C)=O)n(CCCC3CCCC(CC4=C(C)CC(C5=CCCC(C)=C5)=N4)C3)c2c1.CC. The van der Waals surface area contributed by atoms with Gasteiger partial charge in [0, 0.05) is 36.5 Å². The molecule has 2 heterocycles. The van der Waals surface area contributed by atoms with E-state index in [2.05, 4.69) is 55.3 Å². The Morgan fingerprint density at radius 3 is 2.69 bits per heavy atom. The quantitative estimate of drug-likeness (QED) is 0.300. The highest BCUT2D eigenvalue weighted by Gasteiger charge is 2.26. The fourth-order valence-corrected chi connectivity index (χ4v) is 6.68. The van der Waals surface area contributed by atoms with Crippen molar-refractivity contribution in [2.75, 3.05) is 0 Å². The molecule has 1 aromatic heterocycles. The third-order valence-corrected chi connectivity index (χ3v) is 8.73. The Kier molecular flexibility index (Phi) is 9.99. The number of hydrogen-bond donors (Lipinski definition) is 0. The van der Waals surface area contributed by atoms with Gasteiger partial charge in [-0.2, -0.15) is 0 Å². The number of nitrogens with zero attached hydrogens (tertiary/aromatic N) is 2. The van der Waals surface area contributed by atoms with E-state index in [1.807, 2.05) is 26.0 Å². The van der Waals surface area contributed by atoms with Crippen molar-refractivity contribution in [2.24, 2.45) is 16.8 Å². The predicted molar refractivity (Wildman–Crippen MR) is 169 cm³/mol. The monoisotopic (exact) mass is 524 g/mol. The Balaban J connectivity index is 0.00000172. The largest absolute Gasteiger partial charge is 0.338 e. The van der Waals surface area contributed by atoms with Gasteiger partial charge in [-0.25, -0.2) is 0 Å². The van der Waals surface area contributed by atoms with Crippen LogP contribution in [0.5, 0.6) is 0 Å². The van der Waals surface area contributed by atoms with Gasteiger partial charge in [0.25, 0.3) is 0 Å². The summed E-state index contributed by atoms with van der Waals surface area (Å²) >= 11 is 0. The lowest BCUT2D eigenvalue weighted by Gasteiger charge is -2.29. The molecule has 1 aromatic carbocycles. The van der Waals surface area contributed by atoms with Crippen molar-refractivity contribution in [1.82, 2.24) is 4.57 Å². The summed E-state index contributed by atoms with van der Waals surface area (Å²) in [7, 11) is 0. The maximum atomic E-state index is 12.4. The first-order chi connectivity index (χ1) is 18.9. The van der Waals surface area contributed by atoms with Crippen LogP contribution >= 0.6 is 0 Å². The maximum absolute atomic E-state index is 12.4. The minimum Gasteiger partial charge on any atom is -0.338 e. The molecule has 0 radical (unpaired) electrons. The Morgan fingerprint density at radius 1 is 1.15 bits per heavy atom. The Labute approximate surface area is 236 Å². The first-order valence-electron chi connectivity index (χ1n) is 15.3. The zero-order valence-electron chi connectivity index (χ0n) is 25.0. The number of hydrogen-bond acceptors (Lipinski definition) is 2. The highest BCUT2D eigenvalue weighted by molar-refractivity contribution is 6.06. The second-order valence-electron chi connectivity index (χ2n) is 11.7. The molecule has 1 saturated carbocycles. The molecule has 0 spiro atoms. The molecule has 208 valence electrons. The van der Waals surface area contributed by atoms with Crippen LogP contribution in [0.25, 0.3) is 17.0 Å². The fourth-order valence-electron chi connectivity index (χ4n) is 6.68. The molecule has 2 aromatic rings. The zero-order chi connectivity index (χ0) is 27.9. The molecule has 0 saturated heterocycles. The van der Waals surface area contributed by atoms with Gasteiger partial charge in [0.2, 0.25) is 0 Å². The van der Waals surface area contributed by atoms with Crippen LogP contribution in [0.3, 0.4) is 0 Å². The number of carbonyl (C=O) groups is 1. The fraction of sp³-hybridized carbons (Fsp3) is 0.500. The van der Waals surface area contributed by atoms with Crippen molar-refractivity contribution in [3.05, 3.63) is 76.7 Å². The third kappa shape index (κ3) is 6.99. The van der Waals surface area contributed by atoms with Gasteiger partial charge in [0.1, 0.15) is 0 Å². The lowest BCUT2D eigenvalue weighted by Crippen LogP contribution is -2.17. The molecule has 2 aliphatic carbocycles. The number of rotatable bonds is 9. The van der Waals surface area contributed by atoms with Gasteiger partial charge in [-0.3, -0.25) is 9.79 Å². The number of benzene rings is 1. The van der Waals surface area contributed by atoms with Gasteiger partial charge in [0.05, 0.1) is 11.4 Å². The smallest absolute Gasteiger partial charge is 0.176 e. The van der Waals surface area contributed by atoms with E-state index in [9.17, 15) is 4.79 Å². The lowest BCUT2D eigenvalue weighted by molar-refractivity contribution is 0.100. The second-order valence-corrected chi connectivity index (χ2v) is 11.7.